The molecule has 0 unspecified atom stereocenters. The zero-order chi connectivity index (χ0) is 28.6. The van der Waals surface area contributed by atoms with Gasteiger partial charge in [0, 0.05) is 22.5 Å². The second-order valence-corrected chi connectivity index (χ2v) is 11.5. The Morgan fingerprint density at radius 1 is 1.02 bits per heavy atom. The number of rotatable bonds is 7. The molecule has 1 aliphatic heterocycles. The molecule has 1 saturated heterocycles. The first kappa shape index (κ1) is 27.1. The van der Waals surface area contributed by atoms with E-state index in [4.69, 9.17) is 14.2 Å². The lowest BCUT2D eigenvalue weighted by Crippen LogP contribution is -2.25. The SMILES string of the molecule is CC1(C)OC[C@H](COc2ccc3c(c2)C(=O)c2ccc(Nc4ccc(F)c(NC(=O)c5cccs5)c4)cc2CC3)O1. The van der Waals surface area contributed by atoms with E-state index in [2.05, 4.69) is 10.6 Å². The Morgan fingerprint density at radius 2 is 1.83 bits per heavy atom. The van der Waals surface area contributed by atoms with Gasteiger partial charge in [-0.05, 0) is 97.8 Å². The van der Waals surface area contributed by atoms with Crippen LogP contribution in [0.1, 0.15) is 50.6 Å². The van der Waals surface area contributed by atoms with Crippen LogP contribution in [0.2, 0.25) is 0 Å². The van der Waals surface area contributed by atoms with Crippen LogP contribution < -0.4 is 15.4 Å². The lowest BCUT2D eigenvalue weighted by atomic mass is 9.98. The van der Waals surface area contributed by atoms with Crippen LogP contribution >= 0.6 is 11.3 Å². The van der Waals surface area contributed by atoms with E-state index in [-0.39, 0.29) is 23.5 Å². The summed E-state index contributed by atoms with van der Waals surface area (Å²) >= 11 is 1.29. The lowest BCUT2D eigenvalue weighted by Gasteiger charge is -2.17. The third kappa shape index (κ3) is 6.02. The maximum atomic E-state index is 14.4. The van der Waals surface area contributed by atoms with E-state index in [0.29, 0.717) is 53.5 Å². The van der Waals surface area contributed by atoms with E-state index in [1.54, 1.807) is 29.6 Å². The summed E-state index contributed by atoms with van der Waals surface area (Å²) in [5, 5.41) is 7.70. The van der Waals surface area contributed by atoms with Crippen LogP contribution in [0, 0.1) is 5.82 Å². The molecule has 1 amide bonds. The molecule has 0 radical (unpaired) electrons. The maximum Gasteiger partial charge on any atom is 0.265 e. The number of carbonyl (C=O) groups excluding carboxylic acids is 2. The van der Waals surface area contributed by atoms with Crippen molar-refractivity contribution in [1.29, 1.82) is 0 Å². The van der Waals surface area contributed by atoms with Crippen molar-refractivity contribution in [3.8, 4) is 5.75 Å². The van der Waals surface area contributed by atoms with Gasteiger partial charge in [-0.15, -0.1) is 11.3 Å². The first-order chi connectivity index (χ1) is 19.7. The zero-order valence-corrected chi connectivity index (χ0v) is 23.5. The Morgan fingerprint density at radius 3 is 2.61 bits per heavy atom. The van der Waals surface area contributed by atoms with E-state index in [1.807, 2.05) is 50.2 Å². The highest BCUT2D eigenvalue weighted by Gasteiger charge is 2.33. The molecule has 2 heterocycles. The monoisotopic (exact) mass is 572 g/mol. The summed E-state index contributed by atoms with van der Waals surface area (Å²) < 4.78 is 31.8. The molecular formula is C32H29FN2O5S. The van der Waals surface area contributed by atoms with Crippen molar-refractivity contribution in [3.63, 3.8) is 0 Å². The molecule has 9 heteroatoms. The molecule has 1 atom stereocenters. The number of halogens is 1. The number of ether oxygens (including phenoxy) is 3. The number of nitrogens with one attached hydrogen (secondary N) is 2. The van der Waals surface area contributed by atoms with Gasteiger partial charge in [0.15, 0.2) is 11.6 Å². The number of hydrogen-bond acceptors (Lipinski definition) is 7. The van der Waals surface area contributed by atoms with Crippen molar-refractivity contribution < 1.29 is 28.2 Å². The van der Waals surface area contributed by atoms with Crippen molar-refractivity contribution in [2.45, 2.75) is 38.6 Å². The highest BCUT2D eigenvalue weighted by Crippen LogP contribution is 2.31. The minimum atomic E-state index is -0.617. The first-order valence-corrected chi connectivity index (χ1v) is 14.3. The zero-order valence-electron chi connectivity index (χ0n) is 22.7. The maximum absolute atomic E-state index is 14.4. The summed E-state index contributed by atoms with van der Waals surface area (Å²) in [6.45, 7) is 4.54. The highest BCUT2D eigenvalue weighted by atomic mass is 32.1. The normalized spacial score (nSPS) is 17.3. The van der Waals surface area contributed by atoms with Crippen LogP contribution in [0.4, 0.5) is 21.5 Å². The summed E-state index contributed by atoms with van der Waals surface area (Å²) in [5.74, 6) is -0.940. The Kier molecular flexibility index (Phi) is 7.33. The van der Waals surface area contributed by atoms with Gasteiger partial charge in [0.05, 0.1) is 17.2 Å². The fraction of sp³-hybridized carbons (Fsp3) is 0.250. The number of benzene rings is 3. The minimum Gasteiger partial charge on any atom is -0.491 e. The quantitative estimate of drug-likeness (QED) is 0.255. The Bertz CT molecular complexity index is 1620. The number of amides is 1. The molecule has 0 saturated carbocycles. The summed E-state index contributed by atoms with van der Waals surface area (Å²) in [6.07, 6.45) is 1.24. The average molecular weight is 573 g/mol. The fourth-order valence-electron chi connectivity index (χ4n) is 5.08. The number of aryl methyl sites for hydroxylation is 2. The van der Waals surface area contributed by atoms with Gasteiger partial charge in [-0.25, -0.2) is 4.39 Å². The van der Waals surface area contributed by atoms with Gasteiger partial charge in [-0.3, -0.25) is 9.59 Å². The molecule has 3 aromatic carbocycles. The van der Waals surface area contributed by atoms with E-state index in [0.717, 1.165) is 16.8 Å². The molecule has 7 nitrogen and oxygen atoms in total. The molecule has 2 aliphatic rings. The van der Waals surface area contributed by atoms with Crippen molar-refractivity contribution >= 4 is 40.1 Å². The van der Waals surface area contributed by atoms with Gasteiger partial charge in [0.2, 0.25) is 0 Å². The number of fused-ring (bicyclic) bond motifs is 2. The van der Waals surface area contributed by atoms with Gasteiger partial charge in [0.25, 0.3) is 5.91 Å². The predicted molar refractivity (Wildman–Crippen MR) is 156 cm³/mol. The van der Waals surface area contributed by atoms with Gasteiger partial charge in [-0.1, -0.05) is 12.1 Å². The van der Waals surface area contributed by atoms with Crippen molar-refractivity contribution in [2.24, 2.45) is 0 Å². The molecule has 210 valence electrons. The van der Waals surface area contributed by atoms with Gasteiger partial charge in [0.1, 0.15) is 24.3 Å². The molecular weight excluding hydrogens is 543 g/mol. The van der Waals surface area contributed by atoms with Crippen LogP contribution in [-0.4, -0.2) is 36.8 Å². The van der Waals surface area contributed by atoms with Crippen LogP contribution in [0.3, 0.4) is 0 Å². The Labute approximate surface area is 241 Å². The third-order valence-electron chi connectivity index (χ3n) is 7.09. The summed E-state index contributed by atoms with van der Waals surface area (Å²) in [6, 6.07) is 19.2. The van der Waals surface area contributed by atoms with Crippen molar-refractivity contribution in [2.75, 3.05) is 23.8 Å². The Hall–Kier alpha value is -4.05. The predicted octanol–water partition coefficient (Wildman–Crippen LogP) is 6.74. The largest absolute Gasteiger partial charge is 0.491 e. The minimum absolute atomic E-state index is 0.0496. The van der Waals surface area contributed by atoms with E-state index in [1.165, 1.54) is 17.4 Å². The molecule has 1 fully saturated rings. The summed E-state index contributed by atoms with van der Waals surface area (Å²) in [4.78, 5) is 26.5. The number of carbonyl (C=O) groups is 2. The van der Waals surface area contributed by atoms with Gasteiger partial charge < -0.3 is 24.8 Å². The molecule has 6 rings (SSSR count). The van der Waals surface area contributed by atoms with E-state index >= 15 is 0 Å². The van der Waals surface area contributed by atoms with E-state index < -0.39 is 11.6 Å². The standard InChI is InChI=1S/C32H29FN2O5S/c1-32(2)39-18-24(40-32)17-38-23-10-7-19-5-6-20-14-21(8-11-25(20)30(36)26(19)16-23)34-22-9-12-27(33)28(15-22)35-31(37)29-4-3-13-41-29/h3-4,7-16,24,34H,5-6,17-18H2,1-2H3,(H,35,37)/t24-/m0/s1. The smallest absolute Gasteiger partial charge is 0.265 e. The van der Waals surface area contributed by atoms with Crippen LogP contribution in [0.25, 0.3) is 0 Å². The molecule has 1 aliphatic carbocycles. The molecule has 0 spiro atoms. The first-order valence-electron chi connectivity index (χ1n) is 13.4. The fourth-order valence-corrected chi connectivity index (χ4v) is 5.70. The molecule has 2 N–H and O–H groups in total. The number of ketones is 1. The van der Waals surface area contributed by atoms with Crippen LogP contribution in [0.15, 0.2) is 72.1 Å². The molecule has 41 heavy (non-hydrogen) atoms. The van der Waals surface area contributed by atoms with Gasteiger partial charge in [-0.2, -0.15) is 0 Å². The number of anilines is 3. The van der Waals surface area contributed by atoms with Crippen LogP contribution in [0.5, 0.6) is 5.75 Å². The van der Waals surface area contributed by atoms with E-state index in [9.17, 15) is 14.0 Å². The lowest BCUT2D eigenvalue weighted by molar-refractivity contribution is -0.141. The number of thiophene rings is 1. The average Bonchev–Trinajstić information content (AvgIpc) is 3.59. The highest BCUT2D eigenvalue weighted by molar-refractivity contribution is 7.12. The van der Waals surface area contributed by atoms with Gasteiger partial charge >= 0.3 is 0 Å². The molecule has 1 aromatic heterocycles. The van der Waals surface area contributed by atoms with Crippen LogP contribution in [-0.2, 0) is 22.3 Å². The van der Waals surface area contributed by atoms with Crippen molar-refractivity contribution in [1.82, 2.24) is 0 Å². The summed E-state index contributed by atoms with van der Waals surface area (Å²) in [7, 11) is 0. The second-order valence-electron chi connectivity index (χ2n) is 10.5. The molecule has 0 bridgehead atoms. The number of hydrogen-bond donors (Lipinski definition) is 2. The summed E-state index contributed by atoms with van der Waals surface area (Å²) in [5.41, 5.74) is 4.63. The topological polar surface area (TPSA) is 85.9 Å². The Balaban J connectivity index is 1.16. The third-order valence-corrected chi connectivity index (χ3v) is 7.96. The van der Waals surface area contributed by atoms with Crippen molar-refractivity contribution in [3.05, 3.63) is 105 Å². The second kappa shape index (κ2) is 11.1. The molecule has 4 aromatic rings.